The first-order valence-electron chi connectivity index (χ1n) is 4.99. The van der Waals surface area contributed by atoms with Gasteiger partial charge in [-0.1, -0.05) is 6.08 Å². The first-order valence-corrected chi connectivity index (χ1v) is 4.99. The lowest BCUT2D eigenvalue weighted by molar-refractivity contribution is -0.201. The third-order valence-corrected chi connectivity index (χ3v) is 3.04. The van der Waals surface area contributed by atoms with Crippen molar-refractivity contribution in [1.82, 2.24) is 0 Å². The maximum absolute atomic E-state index is 5.91. The summed E-state index contributed by atoms with van der Waals surface area (Å²) in [5, 5.41) is 0. The molecule has 0 spiro atoms. The van der Waals surface area contributed by atoms with Gasteiger partial charge < -0.3 is 14.2 Å². The normalized spacial score (nSPS) is 44.5. The fraction of sp³-hybridized carbons (Fsp3) is 0.800. The van der Waals surface area contributed by atoms with E-state index < -0.39 is 0 Å². The molecule has 2 fully saturated rings. The van der Waals surface area contributed by atoms with Gasteiger partial charge in [0.1, 0.15) is 5.60 Å². The van der Waals surface area contributed by atoms with E-state index in [0.29, 0.717) is 19.3 Å². The van der Waals surface area contributed by atoms with Crippen molar-refractivity contribution in [2.45, 2.75) is 37.3 Å². The Balaban J connectivity index is 1.83. The molecule has 3 nitrogen and oxygen atoms in total. The Hall–Kier alpha value is -0.380. The zero-order valence-corrected chi connectivity index (χ0v) is 7.57. The van der Waals surface area contributed by atoms with E-state index in [1.54, 1.807) is 0 Å². The predicted molar refractivity (Wildman–Crippen MR) is 46.3 cm³/mol. The Labute approximate surface area is 77.7 Å². The van der Waals surface area contributed by atoms with Crippen LogP contribution in [0, 0.1) is 0 Å². The van der Waals surface area contributed by atoms with Gasteiger partial charge in [-0.05, 0) is 25.3 Å². The smallest absolute Gasteiger partial charge is 0.190 e. The van der Waals surface area contributed by atoms with Crippen molar-refractivity contribution in [3.05, 3.63) is 12.2 Å². The molecule has 0 amide bonds. The summed E-state index contributed by atoms with van der Waals surface area (Å²) in [6.45, 7) is 1.41. The molecule has 0 aromatic heterocycles. The van der Waals surface area contributed by atoms with Gasteiger partial charge in [0.05, 0.1) is 19.3 Å². The molecule has 0 aliphatic carbocycles. The van der Waals surface area contributed by atoms with Crippen LogP contribution in [-0.2, 0) is 14.2 Å². The standard InChI is InChI=1S/C10H14O3/c1-2-8-3-5-10(4-1,13-8)9-11-6-7-12-9/h3,5,8-9H,1-2,4,6-7H2. The van der Waals surface area contributed by atoms with Crippen LogP contribution in [0.4, 0.5) is 0 Å². The Morgan fingerprint density at radius 2 is 2.08 bits per heavy atom. The topological polar surface area (TPSA) is 27.7 Å². The summed E-state index contributed by atoms with van der Waals surface area (Å²) in [7, 11) is 0. The van der Waals surface area contributed by atoms with Crippen LogP contribution in [0.2, 0.25) is 0 Å². The summed E-state index contributed by atoms with van der Waals surface area (Å²) in [6, 6.07) is 0. The third-order valence-electron chi connectivity index (χ3n) is 3.04. The molecule has 3 aliphatic heterocycles. The molecule has 2 bridgehead atoms. The molecular formula is C10H14O3. The second-order valence-corrected chi connectivity index (χ2v) is 3.94. The van der Waals surface area contributed by atoms with Crippen LogP contribution in [0.1, 0.15) is 19.3 Å². The van der Waals surface area contributed by atoms with E-state index in [9.17, 15) is 0 Å². The molecule has 0 radical (unpaired) electrons. The average Bonchev–Trinajstić information content (AvgIpc) is 2.75. The minimum absolute atomic E-state index is 0.158. The van der Waals surface area contributed by atoms with Crippen molar-refractivity contribution in [2.75, 3.05) is 13.2 Å². The monoisotopic (exact) mass is 182 g/mol. The van der Waals surface area contributed by atoms with E-state index in [-0.39, 0.29) is 11.9 Å². The maximum Gasteiger partial charge on any atom is 0.190 e. The van der Waals surface area contributed by atoms with Crippen molar-refractivity contribution in [1.29, 1.82) is 0 Å². The molecule has 0 aromatic rings. The minimum Gasteiger partial charge on any atom is -0.358 e. The molecule has 0 N–H and O–H groups in total. The fourth-order valence-corrected chi connectivity index (χ4v) is 2.40. The van der Waals surface area contributed by atoms with Gasteiger partial charge in [0.15, 0.2) is 6.29 Å². The van der Waals surface area contributed by atoms with Crippen molar-refractivity contribution >= 4 is 0 Å². The minimum atomic E-state index is -0.251. The average molecular weight is 182 g/mol. The van der Waals surface area contributed by atoms with Gasteiger partial charge in [0.2, 0.25) is 0 Å². The van der Waals surface area contributed by atoms with E-state index in [1.807, 2.05) is 0 Å². The molecule has 13 heavy (non-hydrogen) atoms. The van der Waals surface area contributed by atoms with Crippen molar-refractivity contribution in [3.63, 3.8) is 0 Å². The summed E-state index contributed by atoms with van der Waals surface area (Å²) < 4.78 is 16.9. The fourth-order valence-electron chi connectivity index (χ4n) is 2.40. The van der Waals surface area contributed by atoms with Crippen LogP contribution >= 0.6 is 0 Å². The molecule has 2 saturated heterocycles. The Bertz CT molecular complexity index is 232. The SMILES string of the molecule is C1=CC2(C3OCCO3)CCCC1O2. The highest BCUT2D eigenvalue weighted by molar-refractivity contribution is 5.16. The Kier molecular flexibility index (Phi) is 1.72. The van der Waals surface area contributed by atoms with Crippen LogP contribution in [0.15, 0.2) is 12.2 Å². The first kappa shape index (κ1) is 7.97. The second-order valence-electron chi connectivity index (χ2n) is 3.94. The zero-order valence-electron chi connectivity index (χ0n) is 7.57. The van der Waals surface area contributed by atoms with Gasteiger partial charge >= 0.3 is 0 Å². The highest BCUT2D eigenvalue weighted by Gasteiger charge is 2.48. The number of rotatable bonds is 1. The van der Waals surface area contributed by atoms with Gasteiger partial charge in [-0.25, -0.2) is 0 Å². The molecule has 0 aromatic carbocycles. The van der Waals surface area contributed by atoms with Crippen molar-refractivity contribution in [2.24, 2.45) is 0 Å². The number of ether oxygens (including phenoxy) is 3. The van der Waals surface area contributed by atoms with Crippen LogP contribution in [0.25, 0.3) is 0 Å². The largest absolute Gasteiger partial charge is 0.358 e. The van der Waals surface area contributed by atoms with E-state index in [0.717, 1.165) is 12.8 Å². The quantitative estimate of drug-likeness (QED) is 0.571. The molecule has 2 unspecified atom stereocenters. The Morgan fingerprint density at radius 3 is 2.92 bits per heavy atom. The van der Waals surface area contributed by atoms with E-state index in [2.05, 4.69) is 12.2 Å². The predicted octanol–water partition coefficient (Wildman–Crippen LogP) is 1.24. The lowest BCUT2D eigenvalue weighted by Gasteiger charge is -2.36. The van der Waals surface area contributed by atoms with Gasteiger partial charge in [0, 0.05) is 0 Å². The summed E-state index contributed by atoms with van der Waals surface area (Å²) in [4.78, 5) is 0. The van der Waals surface area contributed by atoms with Crippen LogP contribution in [-0.4, -0.2) is 31.2 Å². The number of hydrogen-bond acceptors (Lipinski definition) is 3. The molecule has 3 heteroatoms. The summed E-state index contributed by atoms with van der Waals surface area (Å²) >= 11 is 0. The summed E-state index contributed by atoms with van der Waals surface area (Å²) in [5.41, 5.74) is -0.251. The van der Waals surface area contributed by atoms with Crippen LogP contribution < -0.4 is 0 Å². The molecule has 3 heterocycles. The first-order chi connectivity index (χ1) is 6.39. The van der Waals surface area contributed by atoms with Gasteiger partial charge in [-0.3, -0.25) is 0 Å². The molecule has 3 aliphatic rings. The molecule has 2 atom stereocenters. The molecule has 72 valence electrons. The summed E-state index contributed by atoms with van der Waals surface area (Å²) in [6.07, 6.45) is 7.82. The van der Waals surface area contributed by atoms with Crippen molar-refractivity contribution in [3.8, 4) is 0 Å². The van der Waals surface area contributed by atoms with E-state index in [4.69, 9.17) is 14.2 Å². The molecule has 3 rings (SSSR count). The van der Waals surface area contributed by atoms with Crippen LogP contribution in [0.3, 0.4) is 0 Å². The Morgan fingerprint density at radius 1 is 1.23 bits per heavy atom. The van der Waals surface area contributed by atoms with Gasteiger partial charge in [-0.15, -0.1) is 0 Å². The molecular weight excluding hydrogens is 168 g/mol. The lowest BCUT2D eigenvalue weighted by atomic mass is 9.95. The lowest BCUT2D eigenvalue weighted by Crippen LogP contribution is -2.45. The summed E-state index contributed by atoms with van der Waals surface area (Å²) in [5.74, 6) is 0. The highest BCUT2D eigenvalue weighted by Crippen LogP contribution is 2.40. The van der Waals surface area contributed by atoms with Gasteiger partial charge in [-0.2, -0.15) is 0 Å². The molecule has 0 saturated carbocycles. The van der Waals surface area contributed by atoms with Gasteiger partial charge in [0.25, 0.3) is 0 Å². The number of fused-ring (bicyclic) bond motifs is 2. The highest BCUT2D eigenvalue weighted by atomic mass is 16.7. The number of hydrogen-bond donors (Lipinski definition) is 0. The third kappa shape index (κ3) is 1.15. The maximum atomic E-state index is 5.91. The van der Waals surface area contributed by atoms with E-state index >= 15 is 0 Å². The van der Waals surface area contributed by atoms with Crippen LogP contribution in [0.5, 0.6) is 0 Å². The zero-order chi connectivity index (χ0) is 8.73. The second kappa shape index (κ2) is 2.80. The van der Waals surface area contributed by atoms with Crippen molar-refractivity contribution < 1.29 is 14.2 Å². The van der Waals surface area contributed by atoms with E-state index in [1.165, 1.54) is 6.42 Å².